The molecule has 1 aliphatic carbocycles. The number of pyridine rings is 5. The van der Waals surface area contributed by atoms with Crippen molar-refractivity contribution in [3.8, 4) is 70.8 Å². The van der Waals surface area contributed by atoms with Crippen LogP contribution < -0.4 is 37.3 Å². The summed E-state index contributed by atoms with van der Waals surface area (Å²) in [5.74, 6) is 36.9. The maximum Gasteiger partial charge on any atom is 0.261 e. The van der Waals surface area contributed by atoms with Crippen LogP contribution in [0.2, 0.25) is 0 Å². The lowest BCUT2D eigenvalue weighted by Crippen LogP contribution is -2.40. The number of methoxy groups -OCH3 is 3. The molecule has 21 rings (SSSR count). The van der Waals surface area contributed by atoms with E-state index in [4.69, 9.17) is 39.1 Å². The Bertz CT molecular complexity index is 7560. The third-order valence-corrected chi connectivity index (χ3v) is 25.3. The molecule has 10 aromatic heterocycles. The molecule has 24 nitrogen and oxygen atoms in total. The molecule has 1 saturated carbocycles. The average Bonchev–Trinajstić information content (AvgIpc) is 1.56. The minimum atomic E-state index is -0.264. The molecule has 0 saturated heterocycles. The maximum absolute atomic E-state index is 13.0. The Hall–Kier alpha value is -15.1. The molecule has 132 heavy (non-hydrogen) atoms. The first-order valence-electron chi connectivity index (χ1n) is 44.3. The molecule has 0 amide bonds. The van der Waals surface area contributed by atoms with Gasteiger partial charge in [0.1, 0.15) is 63.3 Å². The van der Waals surface area contributed by atoms with E-state index in [0.29, 0.717) is 128 Å². The van der Waals surface area contributed by atoms with Crippen molar-refractivity contribution in [2.45, 2.75) is 145 Å². The monoisotopic (exact) mass is 1750 g/mol. The van der Waals surface area contributed by atoms with E-state index in [1.54, 1.807) is 74.9 Å². The molecule has 0 bridgehead atoms. The van der Waals surface area contributed by atoms with Crippen LogP contribution in [0.1, 0.15) is 166 Å². The molecule has 1 fully saturated rings. The highest BCUT2D eigenvalue weighted by Gasteiger charge is 2.53. The fourth-order valence-electron chi connectivity index (χ4n) is 17.5. The second-order valence-electron chi connectivity index (χ2n) is 37.1. The highest BCUT2D eigenvalue weighted by molar-refractivity contribution is 5.83. The smallest absolute Gasteiger partial charge is 0.261 e. The van der Waals surface area contributed by atoms with E-state index in [0.717, 1.165) is 132 Å². The fourth-order valence-corrected chi connectivity index (χ4v) is 17.5. The molecule has 4 unspecified atom stereocenters. The van der Waals surface area contributed by atoms with E-state index < -0.39 is 0 Å². The number of fused-ring (bicyclic) bond motifs is 11. The molecule has 15 aromatic rings. The zero-order valence-electron chi connectivity index (χ0n) is 75.6. The van der Waals surface area contributed by atoms with Crippen LogP contribution in [0.25, 0.3) is 54.5 Å². The Morgan fingerprint density at radius 1 is 0.356 bits per heavy atom. The molecule has 1 N–H and O–H groups in total. The van der Waals surface area contributed by atoms with E-state index in [1.807, 2.05) is 177 Å². The molecule has 24 heteroatoms. The van der Waals surface area contributed by atoms with Gasteiger partial charge in [0.25, 0.3) is 27.8 Å². The summed E-state index contributed by atoms with van der Waals surface area (Å²) in [5, 5.41) is 12.8. The SMILES string of the molecule is CC1(CO)CCc2nc3cc(C#Cc4ccccn4)ccc3c(=O)n2C1.CC12Cc3nc4cc(C#Cc5ccccn5)ccc4c(=O)n3CC1C2.COCC1(C)CCc2nc3cc(C#Cc4ccccn4)ccc3c(=O)n2C1.COc1cccc(C#Cc2ccc3c(=O)n4c(nc3c2)CCC(C)(C)C4)n1.COc1ccnc(C#Cc2ccc3c(=O)n4c(nc3c2)CCC(C)(C)C4)c1. The van der Waals surface area contributed by atoms with E-state index in [-0.39, 0.29) is 56.1 Å². The molecule has 5 aliphatic heterocycles. The third kappa shape index (κ3) is 20.2. The third-order valence-electron chi connectivity index (χ3n) is 25.3. The van der Waals surface area contributed by atoms with Gasteiger partial charge in [-0.05, 0) is 223 Å². The van der Waals surface area contributed by atoms with Gasteiger partial charge in [0.2, 0.25) is 5.88 Å². The van der Waals surface area contributed by atoms with Gasteiger partial charge in [-0.15, -0.1) is 0 Å². The van der Waals surface area contributed by atoms with Crippen molar-refractivity contribution in [3.63, 3.8) is 0 Å². The largest absolute Gasteiger partial charge is 0.497 e. The van der Waals surface area contributed by atoms with Gasteiger partial charge in [-0.25, -0.2) is 49.8 Å². The summed E-state index contributed by atoms with van der Waals surface area (Å²) in [5.41, 5.74) is 11.5. The van der Waals surface area contributed by atoms with Gasteiger partial charge in [-0.3, -0.25) is 46.8 Å². The van der Waals surface area contributed by atoms with E-state index in [1.165, 1.54) is 6.42 Å². The van der Waals surface area contributed by atoms with Gasteiger partial charge in [-0.2, -0.15) is 0 Å². The number of hydrogen-bond donors (Lipinski definition) is 1. The number of ether oxygens (including phenoxy) is 3. The van der Waals surface area contributed by atoms with Crippen LogP contribution in [0, 0.1) is 92.2 Å². The van der Waals surface area contributed by atoms with Gasteiger partial charge in [0, 0.05) is 148 Å². The topological polar surface area (TPSA) is 287 Å². The van der Waals surface area contributed by atoms with Crippen LogP contribution in [0.5, 0.6) is 11.6 Å². The van der Waals surface area contributed by atoms with Gasteiger partial charge < -0.3 is 19.3 Å². The second-order valence-corrected chi connectivity index (χ2v) is 37.1. The molecular formula is C108H99N15O9. The van der Waals surface area contributed by atoms with Gasteiger partial charge in [-0.1, -0.05) is 102 Å². The highest BCUT2D eigenvalue weighted by Crippen LogP contribution is 2.57. The summed E-state index contributed by atoms with van der Waals surface area (Å²) in [7, 11) is 4.90. The number of nitrogens with zero attached hydrogens (tertiary/aromatic N) is 15. The molecule has 0 spiro atoms. The van der Waals surface area contributed by atoms with Gasteiger partial charge in [0.15, 0.2) is 0 Å². The van der Waals surface area contributed by atoms with E-state index in [9.17, 15) is 29.1 Å². The highest BCUT2D eigenvalue weighted by atomic mass is 16.5. The molecule has 4 atom stereocenters. The van der Waals surface area contributed by atoms with Crippen molar-refractivity contribution in [1.29, 1.82) is 0 Å². The molecule has 15 heterocycles. The number of aryl methyl sites for hydroxylation is 4. The number of hydrogen-bond acceptors (Lipinski definition) is 19. The van der Waals surface area contributed by atoms with Crippen LogP contribution >= 0.6 is 0 Å². The lowest BCUT2D eigenvalue weighted by Gasteiger charge is -2.34. The van der Waals surface area contributed by atoms with Crippen LogP contribution in [0.15, 0.2) is 225 Å². The summed E-state index contributed by atoms with van der Waals surface area (Å²) in [6, 6.07) is 53.7. The Labute approximate surface area is 763 Å². The summed E-state index contributed by atoms with van der Waals surface area (Å²) < 4.78 is 24.7. The molecule has 5 aromatic carbocycles. The second kappa shape index (κ2) is 37.5. The van der Waals surface area contributed by atoms with Crippen LogP contribution in [-0.4, -0.2) is 112 Å². The van der Waals surface area contributed by atoms with Crippen molar-refractivity contribution in [1.82, 2.24) is 72.7 Å². The minimum absolute atomic E-state index is 0.0151. The fraction of sp³-hybridized carbons (Fsp3) is 0.306. The summed E-state index contributed by atoms with van der Waals surface area (Å²) in [4.78, 5) is 109. The molecule has 660 valence electrons. The number of aliphatic hydroxyl groups is 1. The zero-order valence-corrected chi connectivity index (χ0v) is 75.6. The van der Waals surface area contributed by atoms with Crippen molar-refractivity contribution < 1.29 is 19.3 Å². The van der Waals surface area contributed by atoms with Crippen molar-refractivity contribution in [2.24, 2.45) is 33.0 Å². The number of rotatable bonds is 5. The first-order valence-corrected chi connectivity index (χ1v) is 44.3. The van der Waals surface area contributed by atoms with Gasteiger partial charge >= 0.3 is 0 Å². The van der Waals surface area contributed by atoms with Crippen molar-refractivity contribution in [2.75, 3.05) is 34.5 Å². The minimum Gasteiger partial charge on any atom is -0.497 e. The van der Waals surface area contributed by atoms with Crippen molar-refractivity contribution >= 4 is 54.5 Å². The predicted molar refractivity (Wildman–Crippen MR) is 510 cm³/mol. The first-order chi connectivity index (χ1) is 63.7. The molecular weight excluding hydrogens is 1650 g/mol. The predicted octanol–water partition coefficient (Wildman–Crippen LogP) is 14.0. The van der Waals surface area contributed by atoms with Gasteiger partial charge in [0.05, 0.1) is 81.9 Å². The normalized spacial score (nSPS) is 18.0. The maximum atomic E-state index is 13.0. The van der Waals surface area contributed by atoms with E-state index in [2.05, 4.69) is 126 Å². The Morgan fingerprint density at radius 3 is 1.11 bits per heavy atom. The number of benzene rings is 5. The van der Waals surface area contributed by atoms with E-state index >= 15 is 0 Å². The number of aliphatic hydroxyl groups excluding tert-OH is 1. The summed E-state index contributed by atoms with van der Waals surface area (Å²) in [6.07, 6.45) is 15.9. The lowest BCUT2D eigenvalue weighted by molar-refractivity contribution is 0.0610. The first kappa shape index (κ1) is 88.9. The molecule has 6 aliphatic rings. The summed E-state index contributed by atoms with van der Waals surface area (Å²) >= 11 is 0. The van der Waals surface area contributed by atoms with Crippen molar-refractivity contribution in [3.05, 3.63) is 338 Å². The standard InChI is InChI=1S/3C22H21N3O2.C21H19N3O2.C21H17N3O/c1-22(2)10-8-20-24-19-12-15(5-7-18(19)21(26)25(20)14-22)4-6-16-13-17(27-3)9-11-23-16;1-22(2)12-11-19-24-18-13-15(8-10-17(18)21(26)25(19)14-22)7-9-16-5-4-6-20(23-16)27-3;1-22(15-27-2)11-10-20-24-19-13-16(6-8-17-5-3-4-12-23-17)7-9-18(19)21(26)25(20)14-22;1-21(14-25)10-9-19-23-18-12-15(5-7-16-4-2-3-11-22-16)6-8-17(18)20(26)24(19)13-21;1-21-11-15(21)13-24-19(12-21)23-18-10-14(6-8-17(18)20(24)25)5-7-16-4-2-3-9-22-16/h5,7,9,11-13H,8,10,14H2,1-3H3;4-6,8,10,13H,11-12,14H2,1-3H3;3-5,7,9,12-13H,10-11,14-15H2,1-2H3;2-4,6,8,11-12,25H,9-10,13-14H2,1H3;2-4,6,8-10,15H,11-13H2,1H3. The van der Waals surface area contributed by atoms with Crippen LogP contribution in [0.3, 0.4) is 0 Å². The summed E-state index contributed by atoms with van der Waals surface area (Å²) in [6.45, 7) is 19.3. The Kier molecular flexibility index (Phi) is 25.3. The lowest BCUT2D eigenvalue weighted by atomic mass is 9.83. The van der Waals surface area contributed by atoms with Crippen LogP contribution in [-0.2, 0) is 69.6 Å². The van der Waals surface area contributed by atoms with Crippen LogP contribution in [0.4, 0.5) is 0 Å². The molecule has 0 radical (unpaired) electrons. The average molecular weight is 1750 g/mol. The Morgan fingerprint density at radius 2 is 0.720 bits per heavy atom. The Balaban J connectivity index is 0.000000115. The quantitative estimate of drug-likeness (QED) is 0.157. The number of aromatic nitrogens is 15. The zero-order chi connectivity index (χ0) is 92.1.